The van der Waals surface area contributed by atoms with E-state index in [2.05, 4.69) is 10.6 Å². The van der Waals surface area contributed by atoms with Gasteiger partial charge in [0.05, 0.1) is 25.7 Å². The van der Waals surface area contributed by atoms with E-state index < -0.39 is 12.0 Å². The zero-order chi connectivity index (χ0) is 26.8. The molecular formula is C28H35N3O7. The molecule has 2 aromatic carbocycles. The zero-order valence-corrected chi connectivity index (χ0v) is 21.7. The van der Waals surface area contributed by atoms with Crippen molar-refractivity contribution in [2.45, 2.75) is 38.1 Å². The first kappa shape index (κ1) is 26.1. The van der Waals surface area contributed by atoms with Crippen LogP contribution in [0, 0.1) is 18.8 Å². The number of nitrogens with one attached hydrogen (secondary N) is 2. The summed E-state index contributed by atoms with van der Waals surface area (Å²) in [4.78, 5) is 26.2. The number of methoxy groups -OCH3 is 1. The van der Waals surface area contributed by atoms with Crippen molar-refractivity contribution in [1.82, 2.24) is 10.6 Å². The van der Waals surface area contributed by atoms with Crippen molar-refractivity contribution in [3.63, 3.8) is 0 Å². The Morgan fingerprint density at radius 3 is 2.61 bits per heavy atom. The van der Waals surface area contributed by atoms with Gasteiger partial charge in [-0.15, -0.1) is 0 Å². The normalized spacial score (nSPS) is 23.0. The largest absolute Gasteiger partial charge is 0.504 e. The quantitative estimate of drug-likeness (QED) is 0.271. The smallest absolute Gasteiger partial charge is 0.310 e. The van der Waals surface area contributed by atoms with Gasteiger partial charge in [-0.3, -0.25) is 9.59 Å². The van der Waals surface area contributed by atoms with Gasteiger partial charge in [-0.25, -0.2) is 0 Å². The van der Waals surface area contributed by atoms with Gasteiger partial charge >= 0.3 is 5.97 Å². The van der Waals surface area contributed by atoms with E-state index in [9.17, 15) is 14.7 Å². The number of phenols is 1. The predicted molar refractivity (Wildman–Crippen MR) is 138 cm³/mol. The number of fused-ring (bicyclic) bond motifs is 3. The summed E-state index contributed by atoms with van der Waals surface area (Å²) >= 11 is 0. The monoisotopic (exact) mass is 525 g/mol. The van der Waals surface area contributed by atoms with E-state index in [0.29, 0.717) is 42.3 Å². The minimum Gasteiger partial charge on any atom is -0.504 e. The molecule has 2 heterocycles. The van der Waals surface area contributed by atoms with Crippen LogP contribution in [0.4, 0.5) is 0 Å². The molecule has 2 aliphatic heterocycles. The maximum Gasteiger partial charge on any atom is 0.310 e. The highest BCUT2D eigenvalue weighted by molar-refractivity contribution is 5.81. The number of benzene rings is 2. The lowest BCUT2D eigenvalue weighted by molar-refractivity contribution is -0.141. The number of hydrogen-bond acceptors (Lipinski definition) is 9. The van der Waals surface area contributed by atoms with E-state index >= 15 is 0 Å². The number of carbonyl (C=O) groups is 2. The van der Waals surface area contributed by atoms with Crippen molar-refractivity contribution < 1.29 is 33.6 Å². The summed E-state index contributed by atoms with van der Waals surface area (Å²) < 4.78 is 22.4. The van der Waals surface area contributed by atoms with Crippen LogP contribution in [0.15, 0.2) is 24.3 Å². The van der Waals surface area contributed by atoms with Gasteiger partial charge in [0.2, 0.25) is 12.7 Å². The summed E-state index contributed by atoms with van der Waals surface area (Å²) in [5.41, 5.74) is 8.71. The van der Waals surface area contributed by atoms with E-state index in [1.165, 1.54) is 7.11 Å². The summed E-state index contributed by atoms with van der Waals surface area (Å²) in [5.74, 6) is -0.0233. The minimum absolute atomic E-state index is 0.0605. The highest BCUT2D eigenvalue weighted by Crippen LogP contribution is 2.55. The molecule has 1 unspecified atom stereocenters. The number of esters is 1. The first-order valence-corrected chi connectivity index (χ1v) is 13.1. The second-order valence-corrected chi connectivity index (χ2v) is 10.1. The molecule has 0 aromatic heterocycles. The standard InChI is InChI=1S/C28H35N3O7/c1-15-9-16(10-22(35-2)27(15)33)24-17-11-20-21(38-14-37-20)12-18(17)26(19-13-36-28(34)25(19)24)31-23(32)5-8-30-7-4-3-6-29/h9-12,19,24-26,30,33H,3-8,13-14,29H2,1-2H3,(H,31,32)/t19-,24?,25-,26+/m0/s1. The molecular weight excluding hydrogens is 490 g/mol. The third-order valence-corrected chi connectivity index (χ3v) is 7.71. The summed E-state index contributed by atoms with van der Waals surface area (Å²) in [6.07, 6.45) is 2.22. The lowest BCUT2D eigenvalue weighted by Crippen LogP contribution is -2.43. The number of aryl methyl sites for hydroxylation is 1. The van der Waals surface area contributed by atoms with E-state index in [-0.39, 0.29) is 42.9 Å². The maximum absolute atomic E-state index is 13.2. The zero-order valence-electron chi connectivity index (χ0n) is 21.7. The SMILES string of the molecule is COc1cc(C2c3cc4c(cc3[C@@H](NC(=O)CCNCCCCN)[C@H]3COC(=O)[C@H]23)OCO4)cc(C)c1O. The molecule has 0 spiro atoms. The summed E-state index contributed by atoms with van der Waals surface area (Å²) in [6, 6.07) is 7.01. The van der Waals surface area contributed by atoms with Crippen LogP contribution in [0.1, 0.15) is 53.5 Å². The Kier molecular flexibility index (Phi) is 7.62. The first-order valence-electron chi connectivity index (χ1n) is 13.1. The van der Waals surface area contributed by atoms with Gasteiger partial charge in [0.25, 0.3) is 0 Å². The van der Waals surface area contributed by atoms with Crippen molar-refractivity contribution in [3.05, 3.63) is 46.5 Å². The lowest BCUT2D eigenvalue weighted by Gasteiger charge is -2.39. The number of cyclic esters (lactones) is 1. The molecule has 1 amide bonds. The number of nitrogens with two attached hydrogens (primary N) is 1. The van der Waals surface area contributed by atoms with Crippen LogP contribution < -0.4 is 30.6 Å². The number of hydrogen-bond donors (Lipinski definition) is 4. The average molecular weight is 526 g/mol. The van der Waals surface area contributed by atoms with Crippen molar-refractivity contribution in [3.8, 4) is 23.0 Å². The van der Waals surface area contributed by atoms with E-state index in [1.807, 2.05) is 18.2 Å². The molecule has 0 saturated carbocycles. The Balaban J connectivity index is 1.50. The van der Waals surface area contributed by atoms with Crippen LogP contribution in [0.25, 0.3) is 0 Å². The number of aromatic hydroxyl groups is 1. The molecule has 38 heavy (non-hydrogen) atoms. The Labute approximate surface area is 221 Å². The molecule has 3 aliphatic rings. The van der Waals surface area contributed by atoms with Gasteiger partial charge in [-0.05, 0) is 73.3 Å². The molecule has 1 saturated heterocycles. The van der Waals surface area contributed by atoms with E-state index in [1.54, 1.807) is 13.0 Å². The van der Waals surface area contributed by atoms with Crippen LogP contribution in [-0.2, 0) is 14.3 Å². The van der Waals surface area contributed by atoms with Crippen LogP contribution in [0.5, 0.6) is 23.0 Å². The molecule has 0 bridgehead atoms. The number of rotatable bonds is 10. The Morgan fingerprint density at radius 1 is 1.11 bits per heavy atom. The van der Waals surface area contributed by atoms with Gasteiger partial charge < -0.3 is 40.4 Å². The summed E-state index contributed by atoms with van der Waals surface area (Å²) in [7, 11) is 1.50. The van der Waals surface area contributed by atoms with Crippen LogP contribution in [-0.4, -0.2) is 57.1 Å². The predicted octanol–water partition coefficient (Wildman–Crippen LogP) is 2.25. The number of phenolic OH excluding ortho intramolecular Hbond substituents is 1. The average Bonchev–Trinajstić information content (AvgIpc) is 3.53. The molecule has 0 radical (unpaired) electrons. The number of carbonyl (C=O) groups excluding carboxylic acids is 2. The molecule has 204 valence electrons. The molecule has 5 rings (SSSR count). The maximum atomic E-state index is 13.2. The van der Waals surface area contributed by atoms with Gasteiger partial charge in [0.1, 0.15) is 0 Å². The Hall–Kier alpha value is -3.50. The number of amides is 1. The number of ether oxygens (including phenoxy) is 4. The Morgan fingerprint density at radius 2 is 1.87 bits per heavy atom. The lowest BCUT2D eigenvalue weighted by atomic mass is 9.65. The van der Waals surface area contributed by atoms with Crippen molar-refractivity contribution in [1.29, 1.82) is 0 Å². The molecule has 2 aromatic rings. The van der Waals surface area contributed by atoms with Crippen LogP contribution >= 0.6 is 0 Å². The first-order chi connectivity index (χ1) is 18.4. The third kappa shape index (κ3) is 4.86. The van der Waals surface area contributed by atoms with E-state index in [0.717, 1.165) is 36.1 Å². The summed E-state index contributed by atoms with van der Waals surface area (Å²) in [6.45, 7) is 4.12. The second kappa shape index (κ2) is 11.1. The molecule has 10 heteroatoms. The molecule has 10 nitrogen and oxygen atoms in total. The second-order valence-electron chi connectivity index (χ2n) is 10.1. The summed E-state index contributed by atoms with van der Waals surface area (Å²) in [5, 5.41) is 16.9. The fraction of sp³-hybridized carbons (Fsp3) is 0.500. The fourth-order valence-electron chi connectivity index (χ4n) is 5.82. The van der Waals surface area contributed by atoms with Crippen molar-refractivity contribution in [2.75, 3.05) is 40.1 Å². The highest BCUT2D eigenvalue weighted by Gasteiger charge is 2.53. The van der Waals surface area contributed by atoms with E-state index in [4.69, 9.17) is 24.7 Å². The van der Waals surface area contributed by atoms with Gasteiger partial charge in [-0.2, -0.15) is 0 Å². The fourth-order valence-corrected chi connectivity index (χ4v) is 5.82. The molecule has 1 aliphatic carbocycles. The highest BCUT2D eigenvalue weighted by atomic mass is 16.7. The van der Waals surface area contributed by atoms with Crippen LogP contribution in [0.3, 0.4) is 0 Å². The van der Waals surface area contributed by atoms with Crippen LogP contribution in [0.2, 0.25) is 0 Å². The number of unbranched alkanes of at least 4 members (excludes halogenated alkanes) is 1. The minimum atomic E-state index is -0.531. The molecule has 1 fully saturated rings. The van der Waals surface area contributed by atoms with Gasteiger partial charge in [0.15, 0.2) is 23.0 Å². The van der Waals surface area contributed by atoms with Gasteiger partial charge in [-0.1, -0.05) is 6.07 Å². The Bertz CT molecular complexity index is 1220. The topological polar surface area (TPSA) is 141 Å². The molecule has 4 atom stereocenters. The van der Waals surface area contributed by atoms with Crippen molar-refractivity contribution in [2.24, 2.45) is 17.6 Å². The van der Waals surface area contributed by atoms with Gasteiger partial charge in [0, 0.05) is 24.8 Å². The third-order valence-electron chi connectivity index (χ3n) is 7.71. The molecule has 5 N–H and O–H groups in total. The van der Waals surface area contributed by atoms with Crippen molar-refractivity contribution >= 4 is 11.9 Å².